The molecular weight excluding hydrogens is 194 g/mol. The highest BCUT2D eigenvalue weighted by Gasteiger charge is 2.55. The summed E-state index contributed by atoms with van der Waals surface area (Å²) in [7, 11) is 2.04. The molecule has 1 aliphatic heterocycles. The predicted molar refractivity (Wildman–Crippen MR) is 61.1 cm³/mol. The Morgan fingerprint density at radius 1 is 1.50 bits per heavy atom. The van der Waals surface area contributed by atoms with Gasteiger partial charge >= 0.3 is 0 Å². The lowest BCUT2D eigenvalue weighted by Crippen LogP contribution is -2.36. The van der Waals surface area contributed by atoms with Gasteiger partial charge in [-0.05, 0) is 12.5 Å². The Labute approximate surface area is 90.7 Å². The monoisotopic (exact) mass is 209 g/mol. The van der Waals surface area contributed by atoms with Crippen molar-refractivity contribution in [2.24, 2.45) is 5.41 Å². The highest BCUT2D eigenvalue weighted by Crippen LogP contribution is 2.58. The van der Waals surface area contributed by atoms with Crippen molar-refractivity contribution in [3.8, 4) is 0 Å². The molecule has 1 aliphatic carbocycles. The lowest BCUT2D eigenvalue weighted by atomic mass is 9.75. The zero-order valence-electron chi connectivity index (χ0n) is 8.97. The molecule has 0 amide bonds. The molecule has 0 radical (unpaired) electrons. The molecule has 76 valence electrons. The summed E-state index contributed by atoms with van der Waals surface area (Å²) in [5, 5.41) is 0. The average molecular weight is 210 g/mol. The van der Waals surface area contributed by atoms with Crippen LogP contribution in [0.4, 0.5) is 0 Å². The van der Waals surface area contributed by atoms with Crippen LogP contribution in [0.5, 0.6) is 0 Å². The number of nitrogens with zero attached hydrogens (tertiary/aromatic N) is 1. The number of rotatable bonds is 0. The van der Waals surface area contributed by atoms with Gasteiger partial charge in [0.15, 0.2) is 0 Å². The third-order valence-corrected chi connectivity index (χ3v) is 4.49. The van der Waals surface area contributed by atoms with Crippen molar-refractivity contribution in [2.45, 2.75) is 25.1 Å². The Bertz CT molecular complexity index is 351. The second-order valence-corrected chi connectivity index (χ2v) is 5.26. The van der Waals surface area contributed by atoms with Gasteiger partial charge in [0.25, 0.3) is 0 Å². The van der Waals surface area contributed by atoms with E-state index in [0.717, 1.165) is 12.1 Å². The Kier molecular flexibility index (Phi) is 1.87. The maximum Gasteiger partial charge on any atom is 0.0984 e. The molecule has 1 atom stereocenters. The van der Waals surface area contributed by atoms with Gasteiger partial charge in [0.05, 0.1) is 4.87 Å². The minimum atomic E-state index is -0.298. The fourth-order valence-corrected chi connectivity index (χ4v) is 2.76. The summed E-state index contributed by atoms with van der Waals surface area (Å²) in [5.41, 5.74) is 2.21. The Morgan fingerprint density at radius 2 is 2.14 bits per heavy atom. The quantitative estimate of drug-likeness (QED) is 0.554. The van der Waals surface area contributed by atoms with Crippen LogP contribution in [0.25, 0.3) is 0 Å². The van der Waals surface area contributed by atoms with Crippen LogP contribution in [0.15, 0.2) is 36.2 Å². The standard InChI is InChI=1S/C12H16ClN/c1-9-11(2,3)12(13)8-6-5-7-10(12)14(9)4/h5-7H,1,8H2,2-4H3. The van der Waals surface area contributed by atoms with Gasteiger partial charge in [0, 0.05) is 23.9 Å². The van der Waals surface area contributed by atoms with Crippen LogP contribution in [0.1, 0.15) is 20.3 Å². The molecule has 0 aromatic carbocycles. The topological polar surface area (TPSA) is 3.24 Å². The molecule has 0 aromatic heterocycles. The zero-order chi connectivity index (χ0) is 10.6. The van der Waals surface area contributed by atoms with Crippen LogP contribution in [0, 0.1) is 5.41 Å². The summed E-state index contributed by atoms with van der Waals surface area (Å²) in [5.74, 6) is 0. The van der Waals surface area contributed by atoms with Gasteiger partial charge in [-0.15, -0.1) is 11.6 Å². The Morgan fingerprint density at radius 3 is 2.71 bits per heavy atom. The molecule has 0 saturated carbocycles. The van der Waals surface area contributed by atoms with E-state index in [9.17, 15) is 0 Å². The van der Waals surface area contributed by atoms with Gasteiger partial charge in [0.1, 0.15) is 0 Å². The third-order valence-electron chi connectivity index (χ3n) is 3.67. The van der Waals surface area contributed by atoms with Crippen molar-refractivity contribution >= 4 is 11.6 Å². The third kappa shape index (κ3) is 0.912. The number of allylic oxidation sites excluding steroid dienone is 5. The molecule has 14 heavy (non-hydrogen) atoms. The SMILES string of the molecule is C=C1N(C)C2=CC=CCC2(Cl)C1(C)C. The zero-order valence-corrected chi connectivity index (χ0v) is 9.73. The van der Waals surface area contributed by atoms with E-state index in [1.807, 2.05) is 7.05 Å². The molecule has 1 nitrogen and oxygen atoms in total. The Balaban J connectivity index is 2.59. The van der Waals surface area contributed by atoms with Crippen LogP contribution in [-0.4, -0.2) is 16.8 Å². The number of hydrogen-bond donors (Lipinski definition) is 0. The molecule has 2 heteroatoms. The smallest absolute Gasteiger partial charge is 0.0984 e. The average Bonchev–Trinajstić information content (AvgIpc) is 2.27. The molecule has 1 unspecified atom stereocenters. The molecule has 0 aromatic rings. The van der Waals surface area contributed by atoms with Crippen molar-refractivity contribution in [1.82, 2.24) is 4.90 Å². The second-order valence-electron chi connectivity index (χ2n) is 4.62. The number of hydrogen-bond acceptors (Lipinski definition) is 1. The molecule has 1 fully saturated rings. The highest BCUT2D eigenvalue weighted by molar-refractivity contribution is 6.27. The fourth-order valence-electron chi connectivity index (χ4n) is 2.37. The first kappa shape index (κ1) is 9.85. The van der Waals surface area contributed by atoms with Gasteiger partial charge in [0.2, 0.25) is 0 Å². The van der Waals surface area contributed by atoms with E-state index in [1.54, 1.807) is 0 Å². The van der Waals surface area contributed by atoms with Gasteiger partial charge < -0.3 is 4.90 Å². The van der Waals surface area contributed by atoms with Crippen molar-refractivity contribution in [1.29, 1.82) is 0 Å². The van der Waals surface area contributed by atoms with Crippen molar-refractivity contribution in [3.63, 3.8) is 0 Å². The lowest BCUT2D eigenvalue weighted by molar-refractivity contribution is 0.368. The summed E-state index contributed by atoms with van der Waals surface area (Å²) in [6.45, 7) is 8.46. The maximum absolute atomic E-state index is 6.73. The van der Waals surface area contributed by atoms with Crippen LogP contribution < -0.4 is 0 Å². The van der Waals surface area contributed by atoms with E-state index in [-0.39, 0.29) is 10.3 Å². The van der Waals surface area contributed by atoms with Crippen LogP contribution in [0.2, 0.25) is 0 Å². The molecule has 0 spiro atoms. The highest BCUT2D eigenvalue weighted by atomic mass is 35.5. The summed E-state index contributed by atoms with van der Waals surface area (Å²) < 4.78 is 0. The van der Waals surface area contributed by atoms with Crippen molar-refractivity contribution in [3.05, 3.63) is 36.2 Å². The van der Waals surface area contributed by atoms with E-state index in [0.29, 0.717) is 0 Å². The fraction of sp³-hybridized carbons (Fsp3) is 0.500. The minimum absolute atomic E-state index is 0.0695. The van der Waals surface area contributed by atoms with E-state index in [4.69, 9.17) is 11.6 Å². The predicted octanol–water partition coefficient (Wildman–Crippen LogP) is 3.29. The largest absolute Gasteiger partial charge is 0.350 e. The summed E-state index contributed by atoms with van der Waals surface area (Å²) in [4.78, 5) is 1.82. The van der Waals surface area contributed by atoms with Crippen LogP contribution in [0.3, 0.4) is 0 Å². The second kappa shape index (κ2) is 2.66. The molecule has 2 aliphatic rings. The molecule has 1 saturated heterocycles. The number of likely N-dealkylation sites (tertiary alicyclic amines) is 1. The normalized spacial score (nSPS) is 34.4. The van der Waals surface area contributed by atoms with Crippen LogP contribution >= 0.6 is 11.6 Å². The summed E-state index contributed by atoms with van der Waals surface area (Å²) >= 11 is 6.73. The molecule has 0 N–H and O–H groups in total. The molecule has 0 bridgehead atoms. The van der Waals surface area contributed by atoms with E-state index >= 15 is 0 Å². The van der Waals surface area contributed by atoms with Gasteiger partial charge in [-0.25, -0.2) is 0 Å². The van der Waals surface area contributed by atoms with Gasteiger partial charge in [-0.1, -0.05) is 32.6 Å². The molecule has 2 rings (SSSR count). The number of fused-ring (bicyclic) bond motifs is 1. The van der Waals surface area contributed by atoms with Crippen LogP contribution in [-0.2, 0) is 0 Å². The van der Waals surface area contributed by atoms with E-state index in [1.165, 1.54) is 5.70 Å². The maximum atomic E-state index is 6.73. The summed E-state index contributed by atoms with van der Waals surface area (Å²) in [6.07, 6.45) is 7.18. The van der Waals surface area contributed by atoms with Gasteiger partial charge in [-0.2, -0.15) is 0 Å². The first-order valence-electron chi connectivity index (χ1n) is 4.90. The van der Waals surface area contributed by atoms with E-state index in [2.05, 4.69) is 43.6 Å². The van der Waals surface area contributed by atoms with E-state index < -0.39 is 0 Å². The minimum Gasteiger partial charge on any atom is -0.350 e. The van der Waals surface area contributed by atoms with Crippen molar-refractivity contribution in [2.75, 3.05) is 7.05 Å². The molecule has 1 heterocycles. The summed E-state index contributed by atoms with van der Waals surface area (Å²) in [6, 6.07) is 0. The van der Waals surface area contributed by atoms with Gasteiger partial charge in [-0.3, -0.25) is 0 Å². The lowest BCUT2D eigenvalue weighted by Gasteiger charge is -2.35. The number of alkyl halides is 1. The first-order valence-corrected chi connectivity index (χ1v) is 5.28. The number of halogens is 1. The molecular formula is C12H16ClN. The van der Waals surface area contributed by atoms with Crippen molar-refractivity contribution < 1.29 is 0 Å². The first-order chi connectivity index (χ1) is 6.41. The Hall–Kier alpha value is -0.690.